The Labute approximate surface area is 285 Å². The van der Waals surface area contributed by atoms with Crippen molar-refractivity contribution in [2.24, 2.45) is 0 Å². The Morgan fingerprint density at radius 1 is 0.872 bits per heavy atom. The van der Waals surface area contributed by atoms with Crippen LogP contribution in [0.1, 0.15) is 38.2 Å². The Bertz CT molecular complexity index is 1700. The first-order valence-corrected chi connectivity index (χ1v) is 17.1. The fourth-order valence-corrected chi connectivity index (χ4v) is 7.32. The van der Waals surface area contributed by atoms with E-state index >= 15 is 0 Å². The van der Waals surface area contributed by atoms with Crippen LogP contribution < -0.4 is 28.6 Å². The highest BCUT2D eigenvalue weighted by Crippen LogP contribution is 2.38. The molecule has 0 aliphatic heterocycles. The Kier molecular flexibility index (Phi) is 12.1. The van der Waals surface area contributed by atoms with Crippen molar-refractivity contribution in [1.29, 1.82) is 0 Å². The van der Waals surface area contributed by atoms with Crippen LogP contribution in [0, 0.1) is 0 Å². The van der Waals surface area contributed by atoms with Gasteiger partial charge in [0.25, 0.3) is 10.0 Å². The van der Waals surface area contributed by atoms with Crippen molar-refractivity contribution in [3.05, 3.63) is 70.2 Å². The molecule has 1 aliphatic rings. The molecule has 4 rings (SSSR count). The fraction of sp³-hybridized carbons (Fsp3) is 0.394. The first-order valence-electron chi connectivity index (χ1n) is 14.9. The van der Waals surface area contributed by atoms with E-state index in [1.807, 2.05) is 0 Å². The zero-order valence-corrected chi connectivity index (χ0v) is 29.2. The molecule has 0 spiro atoms. The summed E-state index contributed by atoms with van der Waals surface area (Å²) in [5, 5.41) is 3.74. The summed E-state index contributed by atoms with van der Waals surface area (Å²) in [6, 6.07) is 12.6. The lowest BCUT2D eigenvalue weighted by Gasteiger charge is -2.33. The number of ether oxygens (including phenoxy) is 4. The van der Waals surface area contributed by atoms with Crippen molar-refractivity contribution in [3.8, 4) is 23.0 Å². The number of nitrogens with one attached hydrogen (secondary N) is 1. The first-order chi connectivity index (χ1) is 22.4. The lowest BCUT2D eigenvalue weighted by Crippen LogP contribution is -2.52. The fourth-order valence-electron chi connectivity index (χ4n) is 5.42. The van der Waals surface area contributed by atoms with Crippen LogP contribution in [0.3, 0.4) is 0 Å². The maximum Gasteiger partial charge on any atom is 0.265 e. The minimum Gasteiger partial charge on any atom is -0.497 e. The molecule has 1 fully saturated rings. The van der Waals surface area contributed by atoms with Gasteiger partial charge in [0, 0.05) is 34.8 Å². The topological polar surface area (TPSA) is 124 Å². The highest BCUT2D eigenvalue weighted by Gasteiger charge is 2.35. The summed E-state index contributed by atoms with van der Waals surface area (Å²) in [5.74, 6) is -0.0331. The molecule has 0 saturated heterocycles. The third-order valence-corrected chi connectivity index (χ3v) is 10.4. The molecule has 254 valence electrons. The van der Waals surface area contributed by atoms with Crippen LogP contribution >= 0.6 is 23.2 Å². The highest BCUT2D eigenvalue weighted by molar-refractivity contribution is 7.92. The number of rotatable bonds is 14. The van der Waals surface area contributed by atoms with Gasteiger partial charge >= 0.3 is 0 Å². The number of anilines is 1. The molecule has 1 atom stereocenters. The molecule has 2 amide bonds. The van der Waals surface area contributed by atoms with Crippen LogP contribution in [0.25, 0.3) is 0 Å². The number of hydrogen-bond acceptors (Lipinski definition) is 8. The van der Waals surface area contributed by atoms with E-state index in [0.717, 1.165) is 30.0 Å². The molecule has 1 N–H and O–H groups in total. The van der Waals surface area contributed by atoms with E-state index in [1.54, 1.807) is 37.3 Å². The van der Waals surface area contributed by atoms with Gasteiger partial charge in [-0.2, -0.15) is 0 Å². The largest absolute Gasteiger partial charge is 0.497 e. The van der Waals surface area contributed by atoms with Crippen molar-refractivity contribution in [1.82, 2.24) is 10.2 Å². The minimum atomic E-state index is -4.48. The third-order valence-electron chi connectivity index (χ3n) is 8.10. The predicted octanol–water partition coefficient (Wildman–Crippen LogP) is 5.70. The quantitative estimate of drug-likeness (QED) is 0.226. The van der Waals surface area contributed by atoms with E-state index in [-0.39, 0.29) is 40.6 Å². The van der Waals surface area contributed by atoms with Gasteiger partial charge in [0.05, 0.1) is 39.0 Å². The van der Waals surface area contributed by atoms with Gasteiger partial charge in [0.1, 0.15) is 24.1 Å². The van der Waals surface area contributed by atoms with Crippen molar-refractivity contribution in [2.75, 3.05) is 39.3 Å². The zero-order chi connectivity index (χ0) is 34.3. The molecule has 0 bridgehead atoms. The van der Waals surface area contributed by atoms with Crippen molar-refractivity contribution in [2.45, 2.75) is 56.1 Å². The molecule has 11 nitrogen and oxygen atoms in total. The lowest BCUT2D eigenvalue weighted by molar-refractivity contribution is -0.139. The van der Waals surface area contributed by atoms with E-state index in [4.69, 9.17) is 42.1 Å². The van der Waals surface area contributed by atoms with Gasteiger partial charge in [-0.05, 0) is 61.7 Å². The number of hydrogen-bond donors (Lipinski definition) is 1. The molecule has 14 heteroatoms. The van der Waals surface area contributed by atoms with E-state index in [0.29, 0.717) is 27.1 Å². The van der Waals surface area contributed by atoms with Crippen molar-refractivity contribution < 1.29 is 37.0 Å². The average molecular weight is 709 g/mol. The normalized spacial score (nSPS) is 13.9. The van der Waals surface area contributed by atoms with Gasteiger partial charge < -0.3 is 29.2 Å². The van der Waals surface area contributed by atoms with Crippen LogP contribution in [0.2, 0.25) is 10.0 Å². The van der Waals surface area contributed by atoms with E-state index in [2.05, 4.69) is 5.32 Å². The average Bonchev–Trinajstić information content (AvgIpc) is 3.58. The Hall–Kier alpha value is -3.87. The summed E-state index contributed by atoms with van der Waals surface area (Å²) in [4.78, 5) is 29.0. The molecule has 0 heterocycles. The monoisotopic (exact) mass is 707 g/mol. The standard InChI is InChI=1S/C33H39Cl2N3O8S/c1-21(33(40)36-24-8-6-7-9-24)37(19-22-10-11-23(34)16-27(22)35)32(39)20-38(28-17-25(43-2)12-14-29(28)44-3)47(41,42)26-13-15-30(45-4)31(18-26)46-5/h10-18,21,24H,6-9,19-20H2,1-5H3,(H,36,40)/t21-/m0/s1. The second-order valence-corrected chi connectivity index (χ2v) is 13.7. The molecular weight excluding hydrogens is 669 g/mol. The zero-order valence-electron chi connectivity index (χ0n) is 26.9. The number of carbonyl (C=O) groups is 2. The van der Waals surface area contributed by atoms with Crippen LogP contribution in [-0.4, -0.2) is 72.2 Å². The molecule has 3 aromatic carbocycles. The molecule has 3 aromatic rings. The second-order valence-electron chi connectivity index (χ2n) is 11.0. The van der Waals surface area contributed by atoms with Crippen LogP contribution in [-0.2, 0) is 26.2 Å². The second kappa shape index (κ2) is 15.8. The number of nitrogens with zero attached hydrogens (tertiary/aromatic N) is 2. The predicted molar refractivity (Wildman–Crippen MR) is 180 cm³/mol. The SMILES string of the molecule is COc1ccc(OC)c(N(CC(=O)N(Cc2ccc(Cl)cc2Cl)[C@@H](C)C(=O)NC2CCCC2)S(=O)(=O)c2ccc(OC)c(OC)c2)c1. The van der Waals surface area contributed by atoms with Crippen LogP contribution in [0.5, 0.6) is 23.0 Å². The summed E-state index contributed by atoms with van der Waals surface area (Å²) < 4.78 is 51.4. The number of sulfonamides is 1. The molecule has 0 radical (unpaired) electrons. The summed E-state index contributed by atoms with van der Waals surface area (Å²) in [5.41, 5.74) is 0.570. The van der Waals surface area contributed by atoms with E-state index in [1.165, 1.54) is 57.6 Å². The number of amides is 2. The van der Waals surface area contributed by atoms with Gasteiger partial charge in [0.2, 0.25) is 11.8 Å². The van der Waals surface area contributed by atoms with Gasteiger partial charge in [-0.1, -0.05) is 42.1 Å². The molecule has 0 aromatic heterocycles. The molecular formula is C33H39Cl2N3O8S. The summed E-state index contributed by atoms with van der Waals surface area (Å²) in [6.07, 6.45) is 3.71. The summed E-state index contributed by atoms with van der Waals surface area (Å²) in [6.45, 7) is 0.811. The van der Waals surface area contributed by atoms with Gasteiger partial charge in [0.15, 0.2) is 11.5 Å². The maximum atomic E-state index is 14.5. The third kappa shape index (κ3) is 8.35. The summed E-state index contributed by atoms with van der Waals surface area (Å²) >= 11 is 12.6. The van der Waals surface area contributed by atoms with E-state index in [9.17, 15) is 18.0 Å². The molecule has 0 unspecified atom stereocenters. The Morgan fingerprint density at radius 2 is 1.53 bits per heavy atom. The number of methoxy groups -OCH3 is 4. The molecule has 1 saturated carbocycles. The number of halogens is 2. The van der Waals surface area contributed by atoms with Crippen molar-refractivity contribution >= 4 is 50.7 Å². The Balaban J connectivity index is 1.81. The minimum absolute atomic E-state index is 0.00370. The van der Waals surface area contributed by atoms with E-state index < -0.39 is 28.5 Å². The van der Waals surface area contributed by atoms with Crippen molar-refractivity contribution in [3.63, 3.8) is 0 Å². The van der Waals surface area contributed by atoms with Gasteiger partial charge in [-0.15, -0.1) is 0 Å². The Morgan fingerprint density at radius 3 is 2.15 bits per heavy atom. The smallest absolute Gasteiger partial charge is 0.265 e. The highest BCUT2D eigenvalue weighted by atomic mass is 35.5. The first kappa shape index (κ1) is 36.0. The van der Waals surface area contributed by atoms with Gasteiger partial charge in [-0.25, -0.2) is 8.42 Å². The number of carbonyl (C=O) groups excluding carboxylic acids is 2. The van der Waals surface area contributed by atoms with Gasteiger partial charge in [-0.3, -0.25) is 13.9 Å². The lowest BCUT2D eigenvalue weighted by atomic mass is 10.1. The molecule has 47 heavy (non-hydrogen) atoms. The number of benzene rings is 3. The maximum absolute atomic E-state index is 14.5. The van der Waals surface area contributed by atoms with Crippen LogP contribution in [0.15, 0.2) is 59.5 Å². The molecule has 1 aliphatic carbocycles. The summed E-state index contributed by atoms with van der Waals surface area (Å²) in [7, 11) is 1.17. The van der Waals surface area contributed by atoms with Crippen LogP contribution in [0.4, 0.5) is 5.69 Å².